The van der Waals surface area contributed by atoms with Crippen LogP contribution in [0, 0.1) is 10.1 Å². The lowest BCUT2D eigenvalue weighted by molar-refractivity contribution is -0.389. The van der Waals surface area contributed by atoms with E-state index in [1.807, 2.05) is 6.92 Å². The smallest absolute Gasteiger partial charge is 0.342 e. The molecule has 64 valence electrons. The van der Waals surface area contributed by atoms with Crippen LogP contribution in [0.5, 0.6) is 0 Å². The molecule has 1 aromatic rings. The molecule has 12 heavy (non-hydrogen) atoms. The Balaban J connectivity index is 2.30. The summed E-state index contributed by atoms with van der Waals surface area (Å²) in [5.41, 5.74) is 0.194. The van der Waals surface area contributed by atoms with E-state index in [9.17, 15) is 10.1 Å². The number of rotatable bonds is 2. The van der Waals surface area contributed by atoms with E-state index in [4.69, 9.17) is 4.74 Å². The second-order valence-corrected chi connectivity index (χ2v) is 2.92. The Kier molecular flexibility index (Phi) is 1.23. The van der Waals surface area contributed by atoms with E-state index >= 15 is 0 Å². The highest BCUT2D eigenvalue weighted by atomic mass is 16.6. The maximum atomic E-state index is 10.3. The van der Waals surface area contributed by atoms with Gasteiger partial charge in [0, 0.05) is 0 Å². The molecule has 0 aliphatic carbocycles. The Morgan fingerprint density at radius 3 is 3.00 bits per heavy atom. The van der Waals surface area contributed by atoms with Crippen LogP contribution in [0.25, 0.3) is 0 Å². The minimum absolute atomic E-state index is 0.0956. The van der Waals surface area contributed by atoms with E-state index in [1.165, 1.54) is 6.07 Å². The molecular weight excluding hydrogens is 162 g/mol. The number of nitrogens with zero attached hydrogens (tertiary/aromatic N) is 2. The van der Waals surface area contributed by atoms with E-state index in [0.29, 0.717) is 12.3 Å². The van der Waals surface area contributed by atoms with Gasteiger partial charge in [-0.3, -0.25) is 0 Å². The van der Waals surface area contributed by atoms with Crippen LogP contribution in [-0.2, 0) is 10.3 Å². The summed E-state index contributed by atoms with van der Waals surface area (Å²) in [6.45, 7) is 2.42. The van der Waals surface area contributed by atoms with Crippen molar-refractivity contribution in [3.63, 3.8) is 0 Å². The van der Waals surface area contributed by atoms with Crippen molar-refractivity contribution in [2.24, 2.45) is 0 Å². The Labute approximate surface area is 67.7 Å². The molecule has 1 aromatic heterocycles. The molecule has 1 atom stereocenters. The van der Waals surface area contributed by atoms with Crippen LogP contribution in [0.4, 0.5) is 5.82 Å². The first kappa shape index (κ1) is 7.23. The third kappa shape index (κ3) is 0.964. The fourth-order valence-electron chi connectivity index (χ4n) is 0.932. The highest BCUT2D eigenvalue weighted by Gasteiger charge is 2.44. The normalized spacial score (nSPS) is 27.1. The maximum absolute atomic E-state index is 10.3. The maximum Gasteiger partial charge on any atom is 0.342 e. The van der Waals surface area contributed by atoms with E-state index in [2.05, 4.69) is 10.2 Å². The van der Waals surface area contributed by atoms with Gasteiger partial charge in [-0.25, -0.2) is 0 Å². The Morgan fingerprint density at radius 1 is 1.92 bits per heavy atom. The van der Waals surface area contributed by atoms with Crippen LogP contribution in [0.3, 0.4) is 0 Å². The molecule has 0 radical (unpaired) electrons. The summed E-state index contributed by atoms with van der Waals surface area (Å²) in [7, 11) is 0. The number of epoxide rings is 1. The number of aromatic nitrogens is 2. The van der Waals surface area contributed by atoms with Crippen LogP contribution in [0.2, 0.25) is 0 Å². The van der Waals surface area contributed by atoms with Crippen molar-refractivity contribution < 1.29 is 9.66 Å². The van der Waals surface area contributed by atoms with Crippen LogP contribution >= 0.6 is 0 Å². The zero-order chi connectivity index (χ0) is 8.77. The van der Waals surface area contributed by atoms with Crippen molar-refractivity contribution in [3.05, 3.63) is 21.9 Å². The summed E-state index contributed by atoms with van der Waals surface area (Å²) in [4.78, 5) is 9.74. The van der Waals surface area contributed by atoms with Gasteiger partial charge in [0.1, 0.15) is 11.3 Å². The zero-order valence-electron chi connectivity index (χ0n) is 6.40. The second kappa shape index (κ2) is 2.04. The summed E-state index contributed by atoms with van der Waals surface area (Å²) in [5, 5.41) is 16.4. The van der Waals surface area contributed by atoms with E-state index in [-0.39, 0.29) is 5.82 Å². The highest BCUT2D eigenvalue weighted by molar-refractivity contribution is 5.27. The summed E-state index contributed by atoms with van der Waals surface area (Å²) in [5.74, 6) is -0.0956. The van der Waals surface area contributed by atoms with Crippen molar-refractivity contribution in [1.29, 1.82) is 0 Å². The molecule has 1 aliphatic rings. The van der Waals surface area contributed by atoms with Gasteiger partial charge >= 0.3 is 5.82 Å². The molecule has 2 rings (SSSR count). The zero-order valence-corrected chi connectivity index (χ0v) is 6.40. The molecule has 6 heteroatoms. The minimum atomic E-state index is -0.512. The van der Waals surface area contributed by atoms with E-state index in [0.717, 1.165) is 0 Å². The highest BCUT2D eigenvalue weighted by Crippen LogP contribution is 2.37. The lowest BCUT2D eigenvalue weighted by Crippen LogP contribution is -2.01. The molecule has 1 unspecified atom stereocenters. The van der Waals surface area contributed by atoms with Crippen molar-refractivity contribution in [2.75, 3.05) is 6.61 Å². The molecule has 0 spiro atoms. The Hall–Kier alpha value is -1.43. The first-order valence-electron chi connectivity index (χ1n) is 3.46. The van der Waals surface area contributed by atoms with Crippen molar-refractivity contribution in [2.45, 2.75) is 12.5 Å². The van der Waals surface area contributed by atoms with Gasteiger partial charge in [0.15, 0.2) is 0 Å². The SMILES string of the molecule is CC1(c2cc([N+](=O)[O-])[nH]n2)CO1. The van der Waals surface area contributed by atoms with Gasteiger partial charge in [-0.2, -0.15) is 0 Å². The van der Waals surface area contributed by atoms with Gasteiger partial charge < -0.3 is 14.9 Å². The van der Waals surface area contributed by atoms with Gasteiger partial charge in [-0.15, -0.1) is 5.10 Å². The molecule has 1 saturated heterocycles. The number of aromatic amines is 1. The molecule has 0 saturated carbocycles. The van der Waals surface area contributed by atoms with Crippen LogP contribution in [0.1, 0.15) is 12.6 Å². The molecule has 0 bridgehead atoms. The van der Waals surface area contributed by atoms with E-state index in [1.54, 1.807) is 0 Å². The predicted octanol–water partition coefficient (Wildman–Crippen LogP) is 0.563. The number of nitro groups is 1. The number of nitrogens with one attached hydrogen (secondary N) is 1. The number of hydrogen-bond acceptors (Lipinski definition) is 4. The monoisotopic (exact) mass is 169 g/mol. The molecule has 1 N–H and O–H groups in total. The third-order valence-corrected chi connectivity index (χ3v) is 1.88. The molecule has 6 nitrogen and oxygen atoms in total. The fourth-order valence-corrected chi connectivity index (χ4v) is 0.932. The molecular formula is C6H7N3O3. The minimum Gasteiger partial charge on any atom is -0.363 e. The van der Waals surface area contributed by atoms with Gasteiger partial charge in [-0.05, 0) is 11.8 Å². The van der Waals surface area contributed by atoms with Gasteiger partial charge in [-0.1, -0.05) is 5.10 Å². The second-order valence-electron chi connectivity index (χ2n) is 2.92. The Bertz CT molecular complexity index is 329. The lowest BCUT2D eigenvalue weighted by Gasteiger charge is -1.93. The summed E-state index contributed by atoms with van der Waals surface area (Å²) in [6.07, 6.45) is 0. The molecule has 0 aromatic carbocycles. The summed E-state index contributed by atoms with van der Waals surface area (Å²) < 4.78 is 5.07. The number of hydrogen-bond donors (Lipinski definition) is 1. The van der Waals surface area contributed by atoms with Gasteiger partial charge in [0.2, 0.25) is 0 Å². The summed E-state index contributed by atoms with van der Waals surface area (Å²) in [6, 6.07) is 1.40. The molecule has 1 fully saturated rings. The largest absolute Gasteiger partial charge is 0.363 e. The molecule has 1 aliphatic heterocycles. The Morgan fingerprint density at radius 2 is 2.58 bits per heavy atom. The van der Waals surface area contributed by atoms with Crippen LogP contribution in [0.15, 0.2) is 6.07 Å². The van der Waals surface area contributed by atoms with Crippen molar-refractivity contribution in [3.8, 4) is 0 Å². The third-order valence-electron chi connectivity index (χ3n) is 1.88. The van der Waals surface area contributed by atoms with Crippen molar-refractivity contribution >= 4 is 5.82 Å². The average Bonchev–Trinajstić information content (AvgIpc) is 2.61. The summed E-state index contributed by atoms with van der Waals surface area (Å²) >= 11 is 0. The molecule has 2 heterocycles. The quantitative estimate of drug-likeness (QED) is 0.398. The standard InChI is InChI=1S/C6H7N3O3/c1-6(3-12-6)4-2-5(8-7-4)9(10)11/h2H,3H2,1H3,(H,7,8). The van der Waals surface area contributed by atoms with Gasteiger partial charge in [0.25, 0.3) is 0 Å². The van der Waals surface area contributed by atoms with E-state index < -0.39 is 10.5 Å². The van der Waals surface area contributed by atoms with Crippen LogP contribution in [-0.4, -0.2) is 21.7 Å². The average molecular weight is 169 g/mol. The number of H-pyrrole nitrogens is 1. The first-order chi connectivity index (χ1) is 5.62. The van der Waals surface area contributed by atoms with Gasteiger partial charge in [0.05, 0.1) is 12.7 Å². The molecule has 0 amide bonds. The predicted molar refractivity (Wildman–Crippen MR) is 38.5 cm³/mol. The fraction of sp³-hybridized carbons (Fsp3) is 0.500. The van der Waals surface area contributed by atoms with Crippen LogP contribution < -0.4 is 0 Å². The van der Waals surface area contributed by atoms with Crippen molar-refractivity contribution in [1.82, 2.24) is 10.2 Å². The lowest BCUT2D eigenvalue weighted by atomic mass is 10.1. The first-order valence-corrected chi connectivity index (χ1v) is 3.46. The number of ether oxygens (including phenoxy) is 1. The topological polar surface area (TPSA) is 84.3 Å².